The van der Waals surface area contributed by atoms with Crippen LogP contribution in [0.1, 0.15) is 50.6 Å². The molecule has 0 unspecified atom stereocenters. The van der Waals surface area contributed by atoms with Gasteiger partial charge in [0.05, 0.1) is 12.2 Å². The van der Waals surface area contributed by atoms with E-state index >= 15 is 0 Å². The van der Waals surface area contributed by atoms with E-state index in [0.717, 1.165) is 40.4 Å². The average molecular weight is 407 g/mol. The number of carbonyl (C=O) groups excluding carboxylic acids is 1. The summed E-state index contributed by atoms with van der Waals surface area (Å²) in [4.78, 5) is 19.7. The predicted octanol–water partition coefficient (Wildman–Crippen LogP) is 5.45. The van der Waals surface area contributed by atoms with Crippen molar-refractivity contribution in [1.29, 1.82) is 0 Å². The van der Waals surface area contributed by atoms with Gasteiger partial charge < -0.3 is 9.64 Å². The second kappa shape index (κ2) is 8.37. The van der Waals surface area contributed by atoms with Gasteiger partial charge in [0.15, 0.2) is 0 Å². The van der Waals surface area contributed by atoms with Gasteiger partial charge in [0, 0.05) is 17.0 Å². The number of hydrogen-bond donors (Lipinski definition) is 0. The van der Waals surface area contributed by atoms with Gasteiger partial charge in [-0.1, -0.05) is 23.8 Å². The minimum atomic E-state index is 0.0946. The van der Waals surface area contributed by atoms with Crippen molar-refractivity contribution in [3.63, 3.8) is 0 Å². The minimum Gasteiger partial charge on any atom is -0.486 e. The summed E-state index contributed by atoms with van der Waals surface area (Å²) in [6, 6.07) is 14.3. The van der Waals surface area contributed by atoms with Crippen molar-refractivity contribution in [2.45, 2.75) is 52.8 Å². The lowest BCUT2D eigenvalue weighted by Crippen LogP contribution is -2.32. The molecular formula is C24H26N2O2S. The number of benzene rings is 2. The normalized spacial score (nSPS) is 13.3. The molecule has 0 N–H and O–H groups in total. The molecule has 1 amide bonds. The van der Waals surface area contributed by atoms with E-state index in [0.29, 0.717) is 19.2 Å². The Kier molecular flexibility index (Phi) is 5.67. The molecule has 4 nitrogen and oxygen atoms in total. The van der Waals surface area contributed by atoms with Gasteiger partial charge in [-0.15, -0.1) is 11.3 Å². The predicted molar refractivity (Wildman–Crippen MR) is 116 cm³/mol. The summed E-state index contributed by atoms with van der Waals surface area (Å²) in [5.74, 6) is 0.955. The Labute approximate surface area is 176 Å². The minimum absolute atomic E-state index is 0.0946. The van der Waals surface area contributed by atoms with Crippen LogP contribution in [0.15, 0.2) is 47.8 Å². The molecule has 1 heterocycles. The number of carbonyl (C=O) groups is 1. The van der Waals surface area contributed by atoms with Crippen LogP contribution < -0.4 is 4.74 Å². The Hall–Kier alpha value is -2.66. The molecule has 29 heavy (non-hydrogen) atoms. The van der Waals surface area contributed by atoms with Crippen molar-refractivity contribution in [2.75, 3.05) is 0 Å². The summed E-state index contributed by atoms with van der Waals surface area (Å²) in [5, 5.41) is 2.97. The van der Waals surface area contributed by atoms with E-state index < -0.39 is 0 Å². The van der Waals surface area contributed by atoms with Crippen LogP contribution in [0.2, 0.25) is 0 Å². The first-order valence-corrected chi connectivity index (χ1v) is 10.9. The molecule has 0 aliphatic heterocycles. The molecule has 0 spiro atoms. The summed E-state index contributed by atoms with van der Waals surface area (Å²) < 4.78 is 5.90. The van der Waals surface area contributed by atoms with Crippen molar-refractivity contribution < 1.29 is 9.53 Å². The van der Waals surface area contributed by atoms with Crippen LogP contribution in [0.3, 0.4) is 0 Å². The van der Waals surface area contributed by atoms with Crippen LogP contribution in [0, 0.1) is 20.8 Å². The summed E-state index contributed by atoms with van der Waals surface area (Å²) in [5.41, 5.74) is 5.27. The summed E-state index contributed by atoms with van der Waals surface area (Å²) >= 11 is 1.59. The molecule has 1 aliphatic carbocycles. The van der Waals surface area contributed by atoms with Crippen molar-refractivity contribution in [3.05, 3.63) is 80.8 Å². The number of thiazole rings is 1. The van der Waals surface area contributed by atoms with Crippen LogP contribution in [0.25, 0.3) is 0 Å². The van der Waals surface area contributed by atoms with Gasteiger partial charge in [0.1, 0.15) is 17.4 Å². The van der Waals surface area contributed by atoms with Gasteiger partial charge in [0.25, 0.3) is 5.91 Å². The van der Waals surface area contributed by atoms with Gasteiger partial charge in [-0.3, -0.25) is 4.79 Å². The third kappa shape index (κ3) is 4.85. The third-order valence-electron chi connectivity index (χ3n) is 5.29. The molecule has 1 fully saturated rings. The highest BCUT2D eigenvalue weighted by molar-refractivity contribution is 7.09. The monoisotopic (exact) mass is 406 g/mol. The number of aryl methyl sites for hydroxylation is 3. The molecule has 0 radical (unpaired) electrons. The number of aromatic nitrogens is 1. The highest BCUT2D eigenvalue weighted by Gasteiger charge is 2.33. The molecule has 1 saturated carbocycles. The lowest BCUT2D eigenvalue weighted by atomic mass is 10.1. The van der Waals surface area contributed by atoms with Crippen LogP contribution in [0.4, 0.5) is 0 Å². The van der Waals surface area contributed by atoms with Gasteiger partial charge in [-0.05, 0) is 69.0 Å². The fourth-order valence-corrected chi connectivity index (χ4v) is 4.00. The van der Waals surface area contributed by atoms with E-state index in [-0.39, 0.29) is 5.91 Å². The second-order valence-electron chi connectivity index (χ2n) is 7.80. The maximum absolute atomic E-state index is 13.0. The standard InChI is InChI=1S/C24H26N2O2S/c1-16-5-4-6-19(11-16)24(27)26(21-8-9-21)13-20-15-29-23(25-20)14-28-22-10-7-17(2)18(3)12-22/h4-7,10-12,15,21H,8-9,13-14H2,1-3H3. The first kappa shape index (κ1) is 19.6. The van der Waals surface area contributed by atoms with Crippen molar-refractivity contribution >= 4 is 17.2 Å². The molecular weight excluding hydrogens is 380 g/mol. The Morgan fingerprint density at radius 3 is 2.69 bits per heavy atom. The number of hydrogen-bond acceptors (Lipinski definition) is 4. The van der Waals surface area contributed by atoms with E-state index in [1.807, 2.05) is 47.5 Å². The van der Waals surface area contributed by atoms with Gasteiger partial charge in [-0.25, -0.2) is 4.98 Å². The SMILES string of the molecule is Cc1cccc(C(=O)N(Cc2csc(COc3ccc(C)c(C)c3)n2)C2CC2)c1. The number of rotatable bonds is 7. The maximum atomic E-state index is 13.0. The Morgan fingerprint density at radius 2 is 1.97 bits per heavy atom. The van der Waals surface area contributed by atoms with E-state index in [2.05, 4.69) is 26.0 Å². The number of ether oxygens (including phenoxy) is 1. The Balaban J connectivity index is 1.41. The highest BCUT2D eigenvalue weighted by Crippen LogP contribution is 2.30. The van der Waals surface area contributed by atoms with Gasteiger partial charge >= 0.3 is 0 Å². The maximum Gasteiger partial charge on any atom is 0.254 e. The molecule has 3 aromatic rings. The van der Waals surface area contributed by atoms with Crippen molar-refractivity contribution in [3.8, 4) is 5.75 Å². The molecule has 0 atom stereocenters. The van der Waals surface area contributed by atoms with Crippen molar-refractivity contribution in [1.82, 2.24) is 9.88 Å². The zero-order valence-electron chi connectivity index (χ0n) is 17.1. The van der Waals surface area contributed by atoms with E-state index in [9.17, 15) is 4.79 Å². The molecule has 0 saturated heterocycles. The molecule has 150 valence electrons. The van der Waals surface area contributed by atoms with Gasteiger partial charge in [-0.2, -0.15) is 0 Å². The third-order valence-corrected chi connectivity index (χ3v) is 6.16. The molecule has 4 rings (SSSR count). The highest BCUT2D eigenvalue weighted by atomic mass is 32.1. The van der Waals surface area contributed by atoms with Crippen LogP contribution in [-0.4, -0.2) is 21.8 Å². The largest absolute Gasteiger partial charge is 0.486 e. The quantitative estimate of drug-likeness (QED) is 0.524. The Bertz CT molecular complexity index is 1020. The fraction of sp³-hybridized carbons (Fsp3) is 0.333. The van der Waals surface area contributed by atoms with E-state index in [1.165, 1.54) is 11.1 Å². The van der Waals surface area contributed by atoms with Crippen LogP contribution >= 0.6 is 11.3 Å². The van der Waals surface area contributed by atoms with Gasteiger partial charge in [0.2, 0.25) is 0 Å². The first-order valence-electron chi connectivity index (χ1n) is 10.0. The molecule has 0 bridgehead atoms. The molecule has 5 heteroatoms. The average Bonchev–Trinajstić information content (AvgIpc) is 3.45. The fourth-order valence-electron chi connectivity index (χ4n) is 3.31. The smallest absolute Gasteiger partial charge is 0.254 e. The van der Waals surface area contributed by atoms with Crippen LogP contribution in [-0.2, 0) is 13.2 Å². The van der Waals surface area contributed by atoms with E-state index in [1.54, 1.807) is 11.3 Å². The lowest BCUT2D eigenvalue weighted by molar-refractivity contribution is 0.0728. The summed E-state index contributed by atoms with van der Waals surface area (Å²) in [6.45, 7) is 7.19. The topological polar surface area (TPSA) is 42.4 Å². The summed E-state index contributed by atoms with van der Waals surface area (Å²) in [6.07, 6.45) is 2.15. The summed E-state index contributed by atoms with van der Waals surface area (Å²) in [7, 11) is 0. The number of nitrogens with zero attached hydrogens (tertiary/aromatic N) is 2. The zero-order chi connectivity index (χ0) is 20.4. The van der Waals surface area contributed by atoms with Crippen molar-refractivity contribution in [2.24, 2.45) is 0 Å². The second-order valence-corrected chi connectivity index (χ2v) is 8.74. The zero-order valence-corrected chi connectivity index (χ0v) is 18.0. The molecule has 2 aromatic carbocycles. The van der Waals surface area contributed by atoms with Crippen LogP contribution in [0.5, 0.6) is 5.75 Å². The first-order chi connectivity index (χ1) is 14.0. The lowest BCUT2D eigenvalue weighted by Gasteiger charge is -2.21. The molecule has 1 aliphatic rings. The number of amides is 1. The van der Waals surface area contributed by atoms with E-state index in [4.69, 9.17) is 9.72 Å². The molecule has 1 aromatic heterocycles. The Morgan fingerprint density at radius 1 is 1.14 bits per heavy atom.